The Morgan fingerprint density at radius 1 is 1.39 bits per heavy atom. The van der Waals surface area contributed by atoms with Gasteiger partial charge in [-0.15, -0.1) is 0 Å². The molecule has 3 atom stereocenters. The first-order chi connectivity index (χ1) is 8.74. The molecule has 0 saturated heterocycles. The van der Waals surface area contributed by atoms with Crippen LogP contribution >= 0.6 is 0 Å². The van der Waals surface area contributed by atoms with Gasteiger partial charge in [0.05, 0.1) is 6.04 Å². The van der Waals surface area contributed by atoms with Gasteiger partial charge in [-0.1, -0.05) is 44.7 Å². The SMILES string of the molecule is CCC[C@@H](N)c1nc(C2CCCC(CC)C2)no1. The topological polar surface area (TPSA) is 64.9 Å². The minimum absolute atomic E-state index is 0.0955. The molecule has 4 heteroatoms. The van der Waals surface area contributed by atoms with Gasteiger partial charge < -0.3 is 10.3 Å². The van der Waals surface area contributed by atoms with Crippen LogP contribution in [0.1, 0.15) is 82.5 Å². The van der Waals surface area contributed by atoms with E-state index in [0.29, 0.717) is 11.8 Å². The lowest BCUT2D eigenvalue weighted by atomic mass is 9.80. The summed E-state index contributed by atoms with van der Waals surface area (Å²) >= 11 is 0. The highest BCUT2D eigenvalue weighted by Gasteiger charge is 2.26. The fourth-order valence-corrected chi connectivity index (χ4v) is 2.89. The number of aromatic nitrogens is 2. The molecule has 1 aliphatic rings. The number of hydrogen-bond acceptors (Lipinski definition) is 4. The van der Waals surface area contributed by atoms with Crippen molar-refractivity contribution >= 4 is 0 Å². The van der Waals surface area contributed by atoms with Gasteiger partial charge in [0.15, 0.2) is 5.82 Å². The van der Waals surface area contributed by atoms with Gasteiger partial charge in [0, 0.05) is 5.92 Å². The molecule has 1 aromatic rings. The minimum Gasteiger partial charge on any atom is -0.338 e. The third kappa shape index (κ3) is 3.10. The molecule has 4 nitrogen and oxygen atoms in total. The highest BCUT2D eigenvalue weighted by atomic mass is 16.5. The van der Waals surface area contributed by atoms with Crippen LogP contribution in [0.2, 0.25) is 0 Å². The molecule has 1 aliphatic carbocycles. The quantitative estimate of drug-likeness (QED) is 0.869. The summed E-state index contributed by atoms with van der Waals surface area (Å²) in [6.07, 6.45) is 8.25. The van der Waals surface area contributed by atoms with Crippen molar-refractivity contribution in [1.82, 2.24) is 10.1 Å². The smallest absolute Gasteiger partial charge is 0.243 e. The Balaban J connectivity index is 2.00. The lowest BCUT2D eigenvalue weighted by Gasteiger charge is -2.26. The first kappa shape index (κ1) is 13.5. The predicted octanol–water partition coefficient (Wildman–Crippen LogP) is 3.55. The highest BCUT2D eigenvalue weighted by Crippen LogP contribution is 2.36. The van der Waals surface area contributed by atoms with Crippen molar-refractivity contribution < 1.29 is 4.52 Å². The Bertz CT molecular complexity index is 364. The molecule has 2 rings (SSSR count). The Hall–Kier alpha value is -0.900. The molecular formula is C14H25N3O. The van der Waals surface area contributed by atoms with Gasteiger partial charge in [0.2, 0.25) is 5.89 Å². The van der Waals surface area contributed by atoms with Crippen LogP contribution in [-0.4, -0.2) is 10.1 Å². The molecule has 0 amide bonds. The lowest BCUT2D eigenvalue weighted by molar-refractivity contribution is 0.296. The van der Waals surface area contributed by atoms with E-state index in [9.17, 15) is 0 Å². The summed E-state index contributed by atoms with van der Waals surface area (Å²) in [7, 11) is 0. The van der Waals surface area contributed by atoms with E-state index < -0.39 is 0 Å². The van der Waals surface area contributed by atoms with Crippen molar-refractivity contribution in [2.75, 3.05) is 0 Å². The van der Waals surface area contributed by atoms with Gasteiger partial charge in [0.1, 0.15) is 0 Å². The second-order valence-corrected chi connectivity index (χ2v) is 5.52. The summed E-state index contributed by atoms with van der Waals surface area (Å²) in [5, 5.41) is 4.15. The van der Waals surface area contributed by atoms with Crippen LogP contribution in [0.3, 0.4) is 0 Å². The summed E-state index contributed by atoms with van der Waals surface area (Å²) < 4.78 is 5.31. The van der Waals surface area contributed by atoms with Crippen LogP contribution in [0.5, 0.6) is 0 Å². The van der Waals surface area contributed by atoms with Crippen molar-refractivity contribution in [2.24, 2.45) is 11.7 Å². The van der Waals surface area contributed by atoms with E-state index in [1.165, 1.54) is 32.1 Å². The average Bonchev–Trinajstić information content (AvgIpc) is 2.89. The van der Waals surface area contributed by atoms with Crippen LogP contribution in [0.25, 0.3) is 0 Å². The fourth-order valence-electron chi connectivity index (χ4n) is 2.89. The molecule has 1 fully saturated rings. The van der Waals surface area contributed by atoms with E-state index >= 15 is 0 Å². The molecule has 0 spiro atoms. The molecule has 0 bridgehead atoms. The van der Waals surface area contributed by atoms with E-state index in [4.69, 9.17) is 10.3 Å². The van der Waals surface area contributed by atoms with Gasteiger partial charge in [-0.3, -0.25) is 0 Å². The molecule has 102 valence electrons. The maximum atomic E-state index is 6.01. The van der Waals surface area contributed by atoms with Gasteiger partial charge >= 0.3 is 0 Å². The predicted molar refractivity (Wildman–Crippen MR) is 71.1 cm³/mol. The Morgan fingerprint density at radius 2 is 2.22 bits per heavy atom. The molecule has 2 unspecified atom stereocenters. The Kier molecular flexibility index (Phi) is 4.75. The molecule has 0 aliphatic heterocycles. The fraction of sp³-hybridized carbons (Fsp3) is 0.857. The van der Waals surface area contributed by atoms with E-state index in [-0.39, 0.29) is 6.04 Å². The zero-order valence-electron chi connectivity index (χ0n) is 11.6. The van der Waals surface area contributed by atoms with Gasteiger partial charge in [-0.05, 0) is 25.2 Å². The number of hydrogen-bond donors (Lipinski definition) is 1. The Labute approximate surface area is 109 Å². The molecule has 1 saturated carbocycles. The second-order valence-electron chi connectivity index (χ2n) is 5.52. The van der Waals surface area contributed by atoms with E-state index in [0.717, 1.165) is 24.6 Å². The van der Waals surface area contributed by atoms with Crippen LogP contribution < -0.4 is 5.73 Å². The van der Waals surface area contributed by atoms with E-state index in [1.54, 1.807) is 0 Å². The zero-order chi connectivity index (χ0) is 13.0. The van der Waals surface area contributed by atoms with Crippen molar-refractivity contribution in [3.8, 4) is 0 Å². The standard InChI is InChI=1S/C14H25N3O/c1-3-6-12(15)14-16-13(17-18-14)11-8-5-7-10(4-2)9-11/h10-12H,3-9,15H2,1-2H3/t10?,11?,12-/m1/s1. The van der Waals surface area contributed by atoms with Gasteiger partial charge in [-0.25, -0.2) is 0 Å². The van der Waals surface area contributed by atoms with Crippen LogP contribution in [0.15, 0.2) is 4.52 Å². The zero-order valence-corrected chi connectivity index (χ0v) is 11.6. The maximum absolute atomic E-state index is 6.01. The molecule has 1 aromatic heterocycles. The van der Waals surface area contributed by atoms with Crippen LogP contribution in [0, 0.1) is 5.92 Å². The lowest BCUT2D eigenvalue weighted by Crippen LogP contribution is -2.15. The number of rotatable bonds is 5. The van der Waals surface area contributed by atoms with Gasteiger partial charge in [0.25, 0.3) is 0 Å². The van der Waals surface area contributed by atoms with Crippen molar-refractivity contribution in [2.45, 2.75) is 70.8 Å². The molecule has 1 heterocycles. The van der Waals surface area contributed by atoms with Crippen molar-refractivity contribution in [3.63, 3.8) is 0 Å². The average molecular weight is 251 g/mol. The molecule has 0 aromatic carbocycles. The maximum Gasteiger partial charge on any atom is 0.243 e. The monoisotopic (exact) mass is 251 g/mol. The van der Waals surface area contributed by atoms with Gasteiger partial charge in [-0.2, -0.15) is 4.98 Å². The first-order valence-corrected chi connectivity index (χ1v) is 7.33. The third-order valence-electron chi connectivity index (χ3n) is 4.10. The number of nitrogens with two attached hydrogens (primary N) is 1. The first-order valence-electron chi connectivity index (χ1n) is 7.33. The second kappa shape index (κ2) is 6.32. The van der Waals surface area contributed by atoms with Crippen LogP contribution in [-0.2, 0) is 0 Å². The molecule has 0 radical (unpaired) electrons. The Morgan fingerprint density at radius 3 is 2.94 bits per heavy atom. The van der Waals surface area contributed by atoms with Crippen molar-refractivity contribution in [1.29, 1.82) is 0 Å². The summed E-state index contributed by atoms with van der Waals surface area (Å²) in [6.45, 7) is 4.38. The summed E-state index contributed by atoms with van der Waals surface area (Å²) in [6, 6.07) is -0.0955. The number of nitrogens with zero attached hydrogens (tertiary/aromatic N) is 2. The normalized spacial score (nSPS) is 26.2. The summed E-state index contributed by atoms with van der Waals surface area (Å²) in [5.41, 5.74) is 6.01. The largest absolute Gasteiger partial charge is 0.338 e. The summed E-state index contributed by atoms with van der Waals surface area (Å²) in [5.74, 6) is 2.81. The minimum atomic E-state index is -0.0955. The van der Waals surface area contributed by atoms with Crippen LogP contribution in [0.4, 0.5) is 0 Å². The molecule has 18 heavy (non-hydrogen) atoms. The molecule has 2 N–H and O–H groups in total. The molecular weight excluding hydrogens is 226 g/mol. The van der Waals surface area contributed by atoms with E-state index in [1.807, 2.05) is 0 Å². The van der Waals surface area contributed by atoms with Crippen molar-refractivity contribution in [3.05, 3.63) is 11.7 Å². The summed E-state index contributed by atoms with van der Waals surface area (Å²) in [4.78, 5) is 4.52. The third-order valence-corrected chi connectivity index (χ3v) is 4.10. The van der Waals surface area contributed by atoms with E-state index in [2.05, 4.69) is 24.0 Å². The highest BCUT2D eigenvalue weighted by molar-refractivity contribution is 5.00.